The first kappa shape index (κ1) is 14.7. The van der Waals surface area contributed by atoms with Crippen molar-refractivity contribution >= 4 is 15.9 Å². The number of halogens is 3. The highest BCUT2D eigenvalue weighted by atomic mass is 79.9. The van der Waals surface area contributed by atoms with Crippen molar-refractivity contribution in [2.24, 2.45) is 0 Å². The minimum atomic E-state index is -0.966. The molecule has 1 atom stereocenters. The van der Waals surface area contributed by atoms with Crippen molar-refractivity contribution in [2.45, 2.75) is 13.0 Å². The predicted molar refractivity (Wildman–Crippen MR) is 71.4 cm³/mol. The summed E-state index contributed by atoms with van der Waals surface area (Å²) < 4.78 is 38.0. The van der Waals surface area contributed by atoms with Crippen LogP contribution in [-0.4, -0.2) is 43.9 Å². The van der Waals surface area contributed by atoms with Gasteiger partial charge in [0.2, 0.25) is 5.82 Å². The van der Waals surface area contributed by atoms with Gasteiger partial charge in [0.1, 0.15) is 12.7 Å². The molecule has 1 aliphatic rings. The fourth-order valence-electron chi connectivity index (χ4n) is 1.99. The van der Waals surface area contributed by atoms with Crippen LogP contribution in [0.15, 0.2) is 16.6 Å². The van der Waals surface area contributed by atoms with Crippen LogP contribution in [0.25, 0.3) is 0 Å². The van der Waals surface area contributed by atoms with Gasteiger partial charge in [-0.25, -0.2) is 4.39 Å². The molecule has 19 heavy (non-hydrogen) atoms. The Morgan fingerprint density at radius 1 is 1.47 bits per heavy atom. The Bertz CT molecular complexity index is 445. The Hall–Kier alpha value is -0.720. The van der Waals surface area contributed by atoms with Gasteiger partial charge < -0.3 is 9.47 Å². The third-order valence-corrected chi connectivity index (χ3v) is 3.51. The van der Waals surface area contributed by atoms with Gasteiger partial charge in [0.05, 0.1) is 6.61 Å². The van der Waals surface area contributed by atoms with Gasteiger partial charge in [-0.15, -0.1) is 0 Å². The first-order chi connectivity index (χ1) is 9.10. The van der Waals surface area contributed by atoms with Gasteiger partial charge in [0.15, 0.2) is 11.6 Å². The summed E-state index contributed by atoms with van der Waals surface area (Å²) in [6, 6.07) is 2.48. The van der Waals surface area contributed by atoms with Crippen molar-refractivity contribution in [2.75, 3.05) is 32.8 Å². The number of rotatable bonds is 4. The fourth-order valence-corrected chi connectivity index (χ4v) is 2.40. The Kier molecular flexibility index (Phi) is 5.13. The number of hydrogen-bond acceptors (Lipinski definition) is 3. The molecule has 0 amide bonds. The van der Waals surface area contributed by atoms with Crippen LogP contribution in [-0.2, 0) is 4.74 Å². The fraction of sp³-hybridized carbons (Fsp3) is 0.538. The van der Waals surface area contributed by atoms with Crippen molar-refractivity contribution in [1.82, 2.24) is 4.90 Å². The third-order valence-electron chi connectivity index (χ3n) is 3.05. The van der Waals surface area contributed by atoms with Crippen LogP contribution >= 0.6 is 15.9 Å². The van der Waals surface area contributed by atoms with E-state index in [-0.39, 0.29) is 18.5 Å². The average Bonchev–Trinajstić information content (AvgIpc) is 2.41. The molecule has 1 unspecified atom stereocenters. The van der Waals surface area contributed by atoms with Gasteiger partial charge in [-0.05, 0) is 18.7 Å². The van der Waals surface area contributed by atoms with Gasteiger partial charge in [0, 0.05) is 17.6 Å². The smallest absolute Gasteiger partial charge is 0.200 e. The van der Waals surface area contributed by atoms with Gasteiger partial charge in [-0.2, -0.15) is 4.39 Å². The van der Waals surface area contributed by atoms with E-state index in [4.69, 9.17) is 9.47 Å². The molecule has 0 aromatic heterocycles. The molecule has 0 aliphatic carbocycles. The standard InChI is InChI=1S/C13H16BrF2NO2/c1-2-17-3-4-18-10(7-17)8-19-12-6-9(14)5-11(15)13(12)16/h5-6,10H,2-4,7-8H2,1H3. The van der Waals surface area contributed by atoms with E-state index in [1.165, 1.54) is 6.07 Å². The second kappa shape index (κ2) is 6.63. The van der Waals surface area contributed by atoms with Gasteiger partial charge >= 0.3 is 0 Å². The van der Waals surface area contributed by atoms with Crippen LogP contribution in [0, 0.1) is 11.6 Å². The van der Waals surface area contributed by atoms with Crippen LogP contribution in [0.3, 0.4) is 0 Å². The molecule has 1 saturated heterocycles. The van der Waals surface area contributed by atoms with Crippen LogP contribution in [0.1, 0.15) is 6.92 Å². The van der Waals surface area contributed by atoms with E-state index >= 15 is 0 Å². The van der Waals surface area contributed by atoms with E-state index < -0.39 is 11.6 Å². The molecule has 0 bridgehead atoms. The number of ether oxygens (including phenoxy) is 2. The molecule has 2 rings (SSSR count). The van der Waals surface area contributed by atoms with Crippen molar-refractivity contribution < 1.29 is 18.3 Å². The lowest BCUT2D eigenvalue weighted by Crippen LogP contribution is -2.44. The molecule has 3 nitrogen and oxygen atoms in total. The third kappa shape index (κ3) is 3.87. The van der Waals surface area contributed by atoms with Gasteiger partial charge in [-0.3, -0.25) is 4.90 Å². The molecule has 1 heterocycles. The van der Waals surface area contributed by atoms with Crippen LogP contribution in [0.4, 0.5) is 8.78 Å². The summed E-state index contributed by atoms with van der Waals surface area (Å²) in [6.07, 6.45) is -0.116. The maximum absolute atomic E-state index is 13.5. The summed E-state index contributed by atoms with van der Waals surface area (Å²) in [5.41, 5.74) is 0. The van der Waals surface area contributed by atoms with E-state index in [0.29, 0.717) is 11.1 Å². The van der Waals surface area contributed by atoms with Crippen LogP contribution < -0.4 is 4.74 Å². The monoisotopic (exact) mass is 335 g/mol. The van der Waals surface area contributed by atoms with E-state index in [1.807, 2.05) is 0 Å². The first-order valence-corrected chi connectivity index (χ1v) is 7.00. The lowest BCUT2D eigenvalue weighted by Gasteiger charge is -2.31. The van der Waals surface area contributed by atoms with Crippen molar-refractivity contribution in [3.63, 3.8) is 0 Å². The second-order valence-corrected chi connectivity index (χ2v) is 5.31. The second-order valence-electron chi connectivity index (χ2n) is 4.40. The van der Waals surface area contributed by atoms with E-state index in [9.17, 15) is 8.78 Å². The number of morpholine rings is 1. The summed E-state index contributed by atoms with van der Waals surface area (Å²) in [4.78, 5) is 2.23. The average molecular weight is 336 g/mol. The topological polar surface area (TPSA) is 21.7 Å². The summed E-state index contributed by atoms with van der Waals surface area (Å²) in [7, 11) is 0. The normalized spacial score (nSPS) is 20.5. The SMILES string of the molecule is CCN1CCOC(COc2cc(Br)cc(F)c2F)C1. The maximum Gasteiger partial charge on any atom is 0.200 e. The highest BCUT2D eigenvalue weighted by Crippen LogP contribution is 2.25. The lowest BCUT2D eigenvalue weighted by atomic mass is 10.3. The number of likely N-dealkylation sites (N-methyl/N-ethyl adjacent to an activating group) is 1. The molecule has 106 valence electrons. The van der Waals surface area contributed by atoms with Crippen molar-refractivity contribution in [1.29, 1.82) is 0 Å². The van der Waals surface area contributed by atoms with Gasteiger partial charge in [-0.1, -0.05) is 22.9 Å². The zero-order chi connectivity index (χ0) is 13.8. The van der Waals surface area contributed by atoms with E-state index in [1.54, 1.807) is 0 Å². The summed E-state index contributed by atoms with van der Waals surface area (Å²) in [6.45, 7) is 5.51. The molecule has 0 N–H and O–H groups in total. The molecule has 1 aliphatic heterocycles. The zero-order valence-electron chi connectivity index (χ0n) is 10.7. The van der Waals surface area contributed by atoms with Crippen LogP contribution in [0.2, 0.25) is 0 Å². The Labute approximate surface area is 119 Å². The van der Waals surface area contributed by atoms with E-state index in [0.717, 1.165) is 25.7 Å². The van der Waals surface area contributed by atoms with Gasteiger partial charge in [0.25, 0.3) is 0 Å². The molecule has 1 aromatic rings. The highest BCUT2D eigenvalue weighted by molar-refractivity contribution is 9.10. The molecular formula is C13H16BrF2NO2. The van der Waals surface area contributed by atoms with Crippen molar-refractivity contribution in [3.05, 3.63) is 28.2 Å². The molecule has 0 spiro atoms. The minimum Gasteiger partial charge on any atom is -0.488 e. The Morgan fingerprint density at radius 2 is 2.26 bits per heavy atom. The molecule has 0 radical (unpaired) electrons. The Balaban J connectivity index is 1.95. The number of hydrogen-bond donors (Lipinski definition) is 0. The molecule has 1 fully saturated rings. The molecular weight excluding hydrogens is 320 g/mol. The minimum absolute atomic E-state index is 0.0934. The van der Waals surface area contributed by atoms with Crippen molar-refractivity contribution in [3.8, 4) is 5.75 Å². The van der Waals surface area contributed by atoms with E-state index in [2.05, 4.69) is 27.8 Å². The summed E-state index contributed by atoms with van der Waals surface area (Å²) >= 11 is 3.11. The highest BCUT2D eigenvalue weighted by Gasteiger charge is 2.21. The summed E-state index contributed by atoms with van der Waals surface area (Å²) in [5, 5.41) is 0. The first-order valence-electron chi connectivity index (χ1n) is 6.21. The number of benzene rings is 1. The predicted octanol–water partition coefficient (Wildman–Crippen LogP) is 2.83. The number of nitrogens with zero attached hydrogens (tertiary/aromatic N) is 1. The molecule has 6 heteroatoms. The maximum atomic E-state index is 13.5. The Morgan fingerprint density at radius 3 is 3.00 bits per heavy atom. The van der Waals surface area contributed by atoms with Crippen LogP contribution in [0.5, 0.6) is 5.75 Å². The summed E-state index contributed by atoms with van der Waals surface area (Å²) in [5.74, 6) is -1.99. The molecule has 0 saturated carbocycles. The largest absolute Gasteiger partial charge is 0.488 e. The zero-order valence-corrected chi connectivity index (χ0v) is 12.3. The molecule has 1 aromatic carbocycles. The lowest BCUT2D eigenvalue weighted by molar-refractivity contribution is -0.0469. The quantitative estimate of drug-likeness (QED) is 0.790.